The maximum absolute atomic E-state index is 12.9. The number of Topliss-reactive ketones (excluding diaryl/α,β-unsaturated/α-hetero) is 1. The standard InChI is InChI=1S/C23H16ClNO3/c24-17-11-13-18(14-12-17)25-20(15-7-3-1-4-8-15)19(22(27)23(25)28)21(26)16-9-5-2-6-10-16/h1-14,20,26H/t20-/m0/s1. The highest BCUT2D eigenvalue weighted by molar-refractivity contribution is 6.51. The van der Waals surface area contributed by atoms with Gasteiger partial charge in [-0.2, -0.15) is 0 Å². The van der Waals surface area contributed by atoms with Crippen molar-refractivity contribution >= 4 is 34.7 Å². The van der Waals surface area contributed by atoms with Crippen LogP contribution >= 0.6 is 11.6 Å². The van der Waals surface area contributed by atoms with Gasteiger partial charge in [-0.1, -0.05) is 72.3 Å². The second kappa shape index (κ2) is 7.33. The van der Waals surface area contributed by atoms with E-state index in [1.165, 1.54) is 4.90 Å². The average Bonchev–Trinajstić information content (AvgIpc) is 3.00. The van der Waals surface area contributed by atoms with Gasteiger partial charge in [0, 0.05) is 16.3 Å². The molecule has 4 nitrogen and oxygen atoms in total. The molecule has 4 rings (SSSR count). The monoisotopic (exact) mass is 389 g/mol. The first-order valence-electron chi connectivity index (χ1n) is 8.75. The summed E-state index contributed by atoms with van der Waals surface area (Å²) in [6, 6.07) is 23.9. The fraction of sp³-hybridized carbons (Fsp3) is 0.0435. The van der Waals surface area contributed by atoms with Gasteiger partial charge in [0.15, 0.2) is 0 Å². The molecule has 0 aromatic heterocycles. The molecule has 0 bridgehead atoms. The van der Waals surface area contributed by atoms with E-state index in [1.54, 1.807) is 48.5 Å². The van der Waals surface area contributed by atoms with Gasteiger partial charge >= 0.3 is 0 Å². The van der Waals surface area contributed by atoms with Crippen LogP contribution in [-0.2, 0) is 9.59 Å². The molecule has 5 heteroatoms. The zero-order valence-electron chi connectivity index (χ0n) is 14.7. The molecule has 1 amide bonds. The van der Waals surface area contributed by atoms with Crippen molar-refractivity contribution in [3.8, 4) is 0 Å². The first-order chi connectivity index (χ1) is 13.6. The Kier molecular flexibility index (Phi) is 4.72. The molecule has 3 aromatic rings. The molecule has 0 spiro atoms. The van der Waals surface area contributed by atoms with Crippen molar-refractivity contribution in [1.29, 1.82) is 0 Å². The van der Waals surface area contributed by atoms with Crippen molar-refractivity contribution in [3.05, 3.63) is 107 Å². The van der Waals surface area contributed by atoms with Crippen LogP contribution in [-0.4, -0.2) is 16.8 Å². The number of ketones is 1. The predicted molar refractivity (Wildman–Crippen MR) is 109 cm³/mol. The van der Waals surface area contributed by atoms with Gasteiger partial charge in [0.25, 0.3) is 11.7 Å². The van der Waals surface area contributed by atoms with E-state index in [9.17, 15) is 14.7 Å². The first kappa shape index (κ1) is 18.0. The lowest BCUT2D eigenvalue weighted by Gasteiger charge is -2.25. The number of hydrogen-bond acceptors (Lipinski definition) is 3. The Morgan fingerprint density at radius 1 is 0.821 bits per heavy atom. The van der Waals surface area contributed by atoms with Crippen LogP contribution < -0.4 is 4.90 Å². The molecule has 138 valence electrons. The van der Waals surface area contributed by atoms with Gasteiger partial charge in [-0.3, -0.25) is 14.5 Å². The molecule has 1 fully saturated rings. The van der Waals surface area contributed by atoms with Crippen molar-refractivity contribution in [2.75, 3.05) is 4.90 Å². The van der Waals surface area contributed by atoms with Gasteiger partial charge in [-0.05, 0) is 29.8 Å². The molecule has 1 aliphatic rings. The number of nitrogens with zero attached hydrogens (tertiary/aromatic N) is 1. The van der Waals surface area contributed by atoms with E-state index in [1.807, 2.05) is 36.4 Å². The lowest BCUT2D eigenvalue weighted by atomic mass is 9.95. The first-order valence-corrected chi connectivity index (χ1v) is 9.12. The number of carbonyl (C=O) groups excluding carboxylic acids is 2. The lowest BCUT2D eigenvalue weighted by Crippen LogP contribution is -2.29. The Morgan fingerprint density at radius 3 is 2.00 bits per heavy atom. The number of aliphatic hydroxyl groups is 1. The topological polar surface area (TPSA) is 57.6 Å². The number of aliphatic hydroxyl groups excluding tert-OH is 1. The minimum absolute atomic E-state index is 0.0670. The van der Waals surface area contributed by atoms with E-state index in [0.717, 1.165) is 5.56 Å². The van der Waals surface area contributed by atoms with Crippen molar-refractivity contribution in [1.82, 2.24) is 0 Å². The minimum atomic E-state index is -0.734. The van der Waals surface area contributed by atoms with E-state index < -0.39 is 17.7 Å². The van der Waals surface area contributed by atoms with Gasteiger partial charge in [0.05, 0.1) is 11.6 Å². The Balaban J connectivity index is 1.94. The molecule has 28 heavy (non-hydrogen) atoms. The molecule has 1 saturated heterocycles. The normalized spacial score (nSPS) is 18.5. The van der Waals surface area contributed by atoms with Crippen molar-refractivity contribution in [2.45, 2.75) is 6.04 Å². The summed E-state index contributed by atoms with van der Waals surface area (Å²) in [4.78, 5) is 27.2. The summed E-state index contributed by atoms with van der Waals surface area (Å²) in [7, 11) is 0. The molecule has 1 N–H and O–H groups in total. The number of hydrogen-bond donors (Lipinski definition) is 1. The van der Waals surface area contributed by atoms with Crippen molar-refractivity contribution in [3.63, 3.8) is 0 Å². The molecule has 1 aliphatic heterocycles. The minimum Gasteiger partial charge on any atom is -0.507 e. The summed E-state index contributed by atoms with van der Waals surface area (Å²) < 4.78 is 0. The van der Waals surface area contributed by atoms with Gasteiger partial charge in [-0.25, -0.2) is 0 Å². The predicted octanol–water partition coefficient (Wildman–Crippen LogP) is 4.97. The number of amides is 1. The molecular formula is C23H16ClNO3. The van der Waals surface area contributed by atoms with Gasteiger partial charge in [-0.15, -0.1) is 0 Å². The second-order valence-corrected chi connectivity index (χ2v) is 6.86. The van der Waals surface area contributed by atoms with Gasteiger partial charge < -0.3 is 5.11 Å². The third kappa shape index (κ3) is 3.08. The van der Waals surface area contributed by atoms with Crippen molar-refractivity contribution < 1.29 is 14.7 Å². The third-order valence-electron chi connectivity index (χ3n) is 4.71. The number of rotatable bonds is 3. The zero-order chi connectivity index (χ0) is 19.7. The summed E-state index contributed by atoms with van der Waals surface area (Å²) in [6.07, 6.45) is 0. The van der Waals surface area contributed by atoms with E-state index >= 15 is 0 Å². The summed E-state index contributed by atoms with van der Waals surface area (Å²) in [5.41, 5.74) is 1.82. The Labute approximate surface area is 167 Å². The fourth-order valence-electron chi connectivity index (χ4n) is 3.40. The molecule has 0 unspecified atom stereocenters. The van der Waals surface area contributed by atoms with Crippen LogP contribution in [0, 0.1) is 0 Å². The van der Waals surface area contributed by atoms with E-state index in [4.69, 9.17) is 11.6 Å². The summed E-state index contributed by atoms with van der Waals surface area (Å²) in [5, 5.41) is 11.4. The lowest BCUT2D eigenvalue weighted by molar-refractivity contribution is -0.132. The number of benzene rings is 3. The largest absolute Gasteiger partial charge is 0.507 e. The van der Waals surface area contributed by atoms with Crippen LogP contribution in [0.15, 0.2) is 90.5 Å². The second-order valence-electron chi connectivity index (χ2n) is 6.42. The number of anilines is 1. The summed E-state index contributed by atoms with van der Waals surface area (Å²) in [6.45, 7) is 0. The zero-order valence-corrected chi connectivity index (χ0v) is 15.5. The van der Waals surface area contributed by atoms with Crippen LogP contribution in [0.5, 0.6) is 0 Å². The number of halogens is 1. The molecule has 0 radical (unpaired) electrons. The summed E-state index contributed by atoms with van der Waals surface area (Å²) >= 11 is 5.98. The van der Waals surface area contributed by atoms with Crippen LogP contribution in [0.1, 0.15) is 17.2 Å². The van der Waals surface area contributed by atoms with Crippen LogP contribution in [0.2, 0.25) is 5.02 Å². The fourth-order valence-corrected chi connectivity index (χ4v) is 3.53. The molecule has 1 heterocycles. The smallest absolute Gasteiger partial charge is 0.300 e. The van der Waals surface area contributed by atoms with Crippen LogP contribution in [0.4, 0.5) is 5.69 Å². The SMILES string of the molecule is O=C1C(=O)N(c2ccc(Cl)cc2)[C@@H](c2ccccc2)C1=C(O)c1ccccc1. The molecular weight excluding hydrogens is 374 g/mol. The molecule has 0 saturated carbocycles. The average molecular weight is 390 g/mol. The third-order valence-corrected chi connectivity index (χ3v) is 4.96. The maximum atomic E-state index is 12.9. The highest BCUT2D eigenvalue weighted by Crippen LogP contribution is 2.42. The Bertz CT molecular complexity index is 1060. The Hall–Kier alpha value is -3.37. The molecule has 3 aromatic carbocycles. The highest BCUT2D eigenvalue weighted by atomic mass is 35.5. The molecule has 1 atom stereocenters. The van der Waals surface area contributed by atoms with E-state index in [0.29, 0.717) is 16.3 Å². The van der Waals surface area contributed by atoms with E-state index in [-0.39, 0.29) is 11.3 Å². The number of carbonyl (C=O) groups is 2. The van der Waals surface area contributed by atoms with E-state index in [2.05, 4.69) is 0 Å². The molecule has 0 aliphatic carbocycles. The highest BCUT2D eigenvalue weighted by Gasteiger charge is 2.46. The maximum Gasteiger partial charge on any atom is 0.300 e. The Morgan fingerprint density at radius 2 is 1.39 bits per heavy atom. The van der Waals surface area contributed by atoms with Crippen LogP contribution in [0.25, 0.3) is 5.76 Å². The summed E-state index contributed by atoms with van der Waals surface area (Å²) in [5.74, 6) is -1.59. The van der Waals surface area contributed by atoms with Gasteiger partial charge in [0.1, 0.15) is 5.76 Å². The van der Waals surface area contributed by atoms with Gasteiger partial charge in [0.2, 0.25) is 0 Å². The van der Waals surface area contributed by atoms with Crippen LogP contribution in [0.3, 0.4) is 0 Å². The van der Waals surface area contributed by atoms with Crippen molar-refractivity contribution in [2.24, 2.45) is 0 Å². The quantitative estimate of drug-likeness (QED) is 0.391.